The van der Waals surface area contributed by atoms with Crippen LogP contribution in [-0.4, -0.2) is 31.0 Å². The van der Waals surface area contributed by atoms with Crippen LogP contribution >= 0.6 is 15.9 Å². The van der Waals surface area contributed by atoms with Crippen LogP contribution in [-0.2, 0) is 0 Å². The van der Waals surface area contributed by atoms with Crippen LogP contribution in [0, 0.1) is 5.41 Å². The van der Waals surface area contributed by atoms with Crippen LogP contribution in [0.5, 0.6) is 5.75 Å². The Morgan fingerprint density at radius 2 is 1.95 bits per heavy atom. The third-order valence-electron chi connectivity index (χ3n) is 4.47. The number of ether oxygens (including phenoxy) is 1. The molecule has 102 valence electrons. The van der Waals surface area contributed by atoms with E-state index in [-0.39, 0.29) is 5.91 Å². The predicted octanol–water partition coefficient (Wildman–Crippen LogP) is 3.47. The molecule has 4 heteroatoms. The number of rotatable bonds is 2. The summed E-state index contributed by atoms with van der Waals surface area (Å²) in [7, 11) is 1.63. The Morgan fingerprint density at radius 1 is 1.26 bits per heavy atom. The average molecular weight is 324 g/mol. The Balaban J connectivity index is 1.71. The van der Waals surface area contributed by atoms with Gasteiger partial charge in [0, 0.05) is 18.7 Å². The molecule has 3 nitrogen and oxygen atoms in total. The van der Waals surface area contributed by atoms with Gasteiger partial charge in [0.15, 0.2) is 0 Å². The van der Waals surface area contributed by atoms with Gasteiger partial charge in [0.05, 0.1) is 11.6 Å². The van der Waals surface area contributed by atoms with Crippen molar-refractivity contribution >= 4 is 21.8 Å². The number of carbonyl (C=O) groups is 1. The van der Waals surface area contributed by atoms with Crippen LogP contribution in [0.2, 0.25) is 0 Å². The standard InChI is InChI=1S/C15H18BrNO2/c1-19-13-3-2-11(10-12(13)16)14(18)17-8-6-15(4-5-15)7-9-17/h2-3,10H,4-9H2,1H3. The minimum Gasteiger partial charge on any atom is -0.496 e. The van der Waals surface area contributed by atoms with Gasteiger partial charge in [-0.3, -0.25) is 4.79 Å². The van der Waals surface area contributed by atoms with Crippen molar-refractivity contribution in [1.29, 1.82) is 0 Å². The summed E-state index contributed by atoms with van der Waals surface area (Å²) in [6.45, 7) is 1.81. The number of carbonyl (C=O) groups excluding carboxylic acids is 1. The first kappa shape index (κ1) is 13.0. The summed E-state index contributed by atoms with van der Waals surface area (Å²) in [5.74, 6) is 0.894. The highest BCUT2D eigenvalue weighted by Gasteiger charge is 2.45. The Kier molecular flexibility index (Phi) is 3.29. The normalized spacial score (nSPS) is 20.4. The molecule has 0 radical (unpaired) electrons. The van der Waals surface area contributed by atoms with E-state index in [9.17, 15) is 4.79 Å². The first-order valence-electron chi connectivity index (χ1n) is 6.76. The van der Waals surface area contributed by atoms with E-state index in [0.717, 1.165) is 28.9 Å². The number of hydrogen-bond donors (Lipinski definition) is 0. The molecular weight excluding hydrogens is 306 g/mol. The first-order valence-corrected chi connectivity index (χ1v) is 7.56. The van der Waals surface area contributed by atoms with E-state index < -0.39 is 0 Å². The molecule has 0 aromatic heterocycles. The van der Waals surface area contributed by atoms with E-state index >= 15 is 0 Å². The topological polar surface area (TPSA) is 29.5 Å². The summed E-state index contributed by atoms with van der Waals surface area (Å²) < 4.78 is 6.02. The number of benzene rings is 1. The molecule has 1 saturated carbocycles. The van der Waals surface area contributed by atoms with E-state index in [2.05, 4.69) is 15.9 Å². The van der Waals surface area contributed by atoms with Gasteiger partial charge in [-0.1, -0.05) is 0 Å². The molecule has 0 atom stereocenters. The summed E-state index contributed by atoms with van der Waals surface area (Å²) in [5.41, 5.74) is 1.34. The van der Waals surface area contributed by atoms with Gasteiger partial charge < -0.3 is 9.64 Å². The quantitative estimate of drug-likeness (QED) is 0.834. The second-order valence-electron chi connectivity index (χ2n) is 5.64. The monoisotopic (exact) mass is 323 g/mol. The van der Waals surface area contributed by atoms with Crippen LogP contribution in [0.1, 0.15) is 36.0 Å². The largest absolute Gasteiger partial charge is 0.496 e. The Hall–Kier alpha value is -1.03. The molecule has 1 spiro atoms. The zero-order chi connectivity index (χ0) is 13.5. The van der Waals surface area contributed by atoms with Gasteiger partial charge >= 0.3 is 0 Å². The fourth-order valence-electron chi connectivity index (χ4n) is 2.84. The molecule has 0 unspecified atom stereocenters. The molecular formula is C15H18BrNO2. The summed E-state index contributed by atoms with van der Waals surface area (Å²) in [4.78, 5) is 14.4. The fourth-order valence-corrected chi connectivity index (χ4v) is 3.38. The maximum atomic E-state index is 12.4. The first-order chi connectivity index (χ1) is 9.13. The number of hydrogen-bond acceptors (Lipinski definition) is 2. The lowest BCUT2D eigenvalue weighted by atomic mass is 9.93. The van der Waals surface area contributed by atoms with Gasteiger partial charge in [-0.2, -0.15) is 0 Å². The number of methoxy groups -OCH3 is 1. The lowest BCUT2D eigenvalue weighted by Crippen LogP contribution is -2.39. The molecule has 1 aliphatic heterocycles. The molecule has 1 aromatic carbocycles. The van der Waals surface area contributed by atoms with Crippen LogP contribution < -0.4 is 4.74 Å². The van der Waals surface area contributed by atoms with Gasteiger partial charge in [-0.05, 0) is 65.2 Å². The lowest BCUT2D eigenvalue weighted by Gasteiger charge is -2.32. The lowest BCUT2D eigenvalue weighted by molar-refractivity contribution is 0.0678. The molecule has 0 N–H and O–H groups in total. The summed E-state index contributed by atoms with van der Waals surface area (Å²) in [5, 5.41) is 0. The average Bonchev–Trinajstić information content (AvgIpc) is 3.18. The predicted molar refractivity (Wildman–Crippen MR) is 77.5 cm³/mol. The third-order valence-corrected chi connectivity index (χ3v) is 5.09. The van der Waals surface area contributed by atoms with Crippen molar-refractivity contribution < 1.29 is 9.53 Å². The molecule has 0 bridgehead atoms. The minimum atomic E-state index is 0.138. The van der Waals surface area contributed by atoms with Gasteiger partial charge in [0.25, 0.3) is 5.91 Å². The maximum Gasteiger partial charge on any atom is 0.253 e. The third kappa shape index (κ3) is 2.50. The van der Waals surface area contributed by atoms with E-state index in [1.54, 1.807) is 7.11 Å². The van der Waals surface area contributed by atoms with Crippen molar-refractivity contribution in [2.45, 2.75) is 25.7 Å². The van der Waals surface area contributed by atoms with Crippen molar-refractivity contribution in [1.82, 2.24) is 4.90 Å². The Morgan fingerprint density at radius 3 is 2.47 bits per heavy atom. The molecule has 1 saturated heterocycles. The summed E-state index contributed by atoms with van der Waals surface area (Å²) in [6.07, 6.45) is 5.08. The van der Waals surface area contributed by atoms with Gasteiger partial charge in [0.2, 0.25) is 0 Å². The SMILES string of the molecule is COc1ccc(C(=O)N2CCC3(CC2)CC3)cc1Br. The zero-order valence-electron chi connectivity index (χ0n) is 11.1. The second kappa shape index (κ2) is 4.82. The molecule has 1 amide bonds. The summed E-state index contributed by atoms with van der Waals surface area (Å²) in [6, 6.07) is 5.53. The number of likely N-dealkylation sites (tertiary alicyclic amines) is 1. The van der Waals surface area contributed by atoms with Gasteiger partial charge in [-0.15, -0.1) is 0 Å². The molecule has 1 aromatic rings. The van der Waals surface area contributed by atoms with E-state index in [1.807, 2.05) is 23.1 Å². The molecule has 19 heavy (non-hydrogen) atoms. The van der Waals surface area contributed by atoms with Gasteiger partial charge in [-0.25, -0.2) is 0 Å². The number of nitrogens with zero attached hydrogens (tertiary/aromatic N) is 1. The number of amides is 1. The number of piperidine rings is 1. The second-order valence-corrected chi connectivity index (χ2v) is 6.50. The highest BCUT2D eigenvalue weighted by Crippen LogP contribution is 2.53. The van der Waals surface area contributed by atoms with Crippen molar-refractivity contribution in [2.24, 2.45) is 5.41 Å². The number of halogens is 1. The molecule has 1 heterocycles. The van der Waals surface area contributed by atoms with Crippen LogP contribution in [0.15, 0.2) is 22.7 Å². The molecule has 1 aliphatic carbocycles. The molecule has 2 fully saturated rings. The van der Waals surface area contributed by atoms with Crippen molar-refractivity contribution in [3.63, 3.8) is 0 Å². The Labute approximate surface area is 122 Å². The smallest absolute Gasteiger partial charge is 0.253 e. The molecule has 3 rings (SSSR count). The van der Waals surface area contributed by atoms with E-state index in [1.165, 1.54) is 25.7 Å². The van der Waals surface area contributed by atoms with Crippen LogP contribution in [0.4, 0.5) is 0 Å². The van der Waals surface area contributed by atoms with E-state index in [4.69, 9.17) is 4.74 Å². The minimum absolute atomic E-state index is 0.138. The zero-order valence-corrected chi connectivity index (χ0v) is 12.7. The van der Waals surface area contributed by atoms with Crippen LogP contribution in [0.3, 0.4) is 0 Å². The fraction of sp³-hybridized carbons (Fsp3) is 0.533. The highest BCUT2D eigenvalue weighted by atomic mass is 79.9. The highest BCUT2D eigenvalue weighted by molar-refractivity contribution is 9.10. The van der Waals surface area contributed by atoms with Crippen molar-refractivity contribution in [3.8, 4) is 5.75 Å². The van der Waals surface area contributed by atoms with Crippen molar-refractivity contribution in [2.75, 3.05) is 20.2 Å². The van der Waals surface area contributed by atoms with Crippen molar-refractivity contribution in [3.05, 3.63) is 28.2 Å². The maximum absolute atomic E-state index is 12.4. The van der Waals surface area contributed by atoms with Crippen LogP contribution in [0.25, 0.3) is 0 Å². The Bertz CT molecular complexity index is 501. The van der Waals surface area contributed by atoms with E-state index in [0.29, 0.717) is 5.41 Å². The molecule has 2 aliphatic rings. The van der Waals surface area contributed by atoms with Gasteiger partial charge in [0.1, 0.15) is 5.75 Å². The summed E-state index contributed by atoms with van der Waals surface area (Å²) >= 11 is 3.43.